The maximum absolute atomic E-state index is 12.9. The van der Waals surface area contributed by atoms with E-state index in [1.165, 1.54) is 16.9 Å². The number of para-hydroxylation sites is 2. The molecule has 0 bridgehead atoms. The summed E-state index contributed by atoms with van der Waals surface area (Å²) in [5.41, 5.74) is 3.56. The molecule has 6 nitrogen and oxygen atoms in total. The fourth-order valence-corrected chi connectivity index (χ4v) is 5.44. The summed E-state index contributed by atoms with van der Waals surface area (Å²) in [5.74, 6) is -0.174. The fraction of sp³-hybridized carbons (Fsp3) is 0.208. The minimum absolute atomic E-state index is 0.174. The van der Waals surface area contributed by atoms with E-state index in [2.05, 4.69) is 37.2 Å². The van der Waals surface area contributed by atoms with Gasteiger partial charge in [0.15, 0.2) is 0 Å². The zero-order valence-electron chi connectivity index (χ0n) is 17.5. The Hall–Kier alpha value is -3.07. The Morgan fingerprint density at radius 1 is 1.00 bits per heavy atom. The lowest BCUT2D eigenvalue weighted by Crippen LogP contribution is -2.46. The summed E-state index contributed by atoms with van der Waals surface area (Å²) in [6, 6.07) is 16.1. The van der Waals surface area contributed by atoms with Gasteiger partial charge in [-0.15, -0.1) is 22.7 Å². The summed E-state index contributed by atoms with van der Waals surface area (Å²) in [6.07, 6.45) is 3.74. The van der Waals surface area contributed by atoms with Gasteiger partial charge in [-0.2, -0.15) is 0 Å². The fourth-order valence-electron chi connectivity index (χ4n) is 3.83. The molecule has 1 amide bonds. The molecule has 0 radical (unpaired) electrons. The summed E-state index contributed by atoms with van der Waals surface area (Å²) < 4.78 is 0. The first-order chi connectivity index (χ1) is 15.8. The maximum atomic E-state index is 12.9. The molecule has 8 heteroatoms. The number of benzene rings is 1. The topological polar surface area (TPSA) is 61.4 Å². The van der Waals surface area contributed by atoms with Crippen LogP contribution in [0.25, 0.3) is 9.88 Å². The molecule has 1 aliphatic rings. The van der Waals surface area contributed by atoms with E-state index in [1.54, 1.807) is 17.5 Å². The molecular weight excluding hydrogens is 438 g/mol. The molecule has 1 aromatic carbocycles. The second kappa shape index (κ2) is 9.60. The van der Waals surface area contributed by atoms with E-state index in [4.69, 9.17) is 0 Å². The summed E-state index contributed by atoms with van der Waals surface area (Å²) in [4.78, 5) is 27.5. The van der Waals surface area contributed by atoms with Crippen LogP contribution in [-0.4, -0.2) is 47.0 Å². The Balaban J connectivity index is 1.24. The first-order valence-corrected chi connectivity index (χ1v) is 12.3. The Kier molecular flexibility index (Phi) is 6.24. The number of anilines is 2. The lowest BCUT2D eigenvalue weighted by Gasteiger charge is -2.36. The lowest BCUT2D eigenvalue weighted by atomic mass is 10.2. The van der Waals surface area contributed by atoms with Crippen molar-refractivity contribution in [3.8, 4) is 9.88 Å². The van der Waals surface area contributed by atoms with Crippen LogP contribution in [0.4, 0.5) is 11.4 Å². The molecule has 1 aliphatic heterocycles. The highest BCUT2D eigenvalue weighted by Gasteiger charge is 2.21. The number of nitrogens with zero attached hydrogens (tertiary/aromatic N) is 4. The van der Waals surface area contributed by atoms with Crippen molar-refractivity contribution in [3.63, 3.8) is 0 Å². The quantitative estimate of drug-likeness (QED) is 0.445. The SMILES string of the molecule is O=C(Nc1ccccc1N1CCN(Cc2cccnc2)CC1)c1csc(-c2cccs2)n1. The van der Waals surface area contributed by atoms with E-state index in [1.807, 2.05) is 53.4 Å². The molecule has 4 heterocycles. The van der Waals surface area contributed by atoms with Crippen molar-refractivity contribution in [2.24, 2.45) is 0 Å². The van der Waals surface area contributed by atoms with Crippen molar-refractivity contribution in [1.82, 2.24) is 14.9 Å². The number of piperazine rings is 1. The molecule has 162 valence electrons. The third-order valence-electron chi connectivity index (χ3n) is 5.46. The average molecular weight is 462 g/mol. The number of amides is 1. The Bertz CT molecular complexity index is 1170. The number of carbonyl (C=O) groups excluding carboxylic acids is 1. The lowest BCUT2D eigenvalue weighted by molar-refractivity contribution is 0.102. The molecule has 1 N–H and O–H groups in total. The van der Waals surface area contributed by atoms with Crippen LogP contribution >= 0.6 is 22.7 Å². The van der Waals surface area contributed by atoms with Gasteiger partial charge in [0, 0.05) is 50.5 Å². The van der Waals surface area contributed by atoms with Gasteiger partial charge in [-0.25, -0.2) is 4.98 Å². The van der Waals surface area contributed by atoms with Gasteiger partial charge in [0.1, 0.15) is 10.7 Å². The first kappa shape index (κ1) is 20.8. The van der Waals surface area contributed by atoms with Crippen molar-refractivity contribution >= 4 is 40.0 Å². The van der Waals surface area contributed by atoms with E-state index in [0.29, 0.717) is 5.69 Å². The second-order valence-electron chi connectivity index (χ2n) is 7.61. The number of nitrogens with one attached hydrogen (secondary N) is 1. The largest absolute Gasteiger partial charge is 0.367 e. The van der Waals surface area contributed by atoms with Crippen molar-refractivity contribution in [2.45, 2.75) is 6.54 Å². The Morgan fingerprint density at radius 3 is 2.66 bits per heavy atom. The maximum Gasteiger partial charge on any atom is 0.275 e. The molecule has 0 spiro atoms. The summed E-state index contributed by atoms with van der Waals surface area (Å²) in [7, 11) is 0. The zero-order valence-corrected chi connectivity index (χ0v) is 19.1. The van der Waals surface area contributed by atoms with Crippen LogP contribution in [0.15, 0.2) is 71.7 Å². The number of thiophene rings is 1. The van der Waals surface area contributed by atoms with Crippen LogP contribution in [-0.2, 0) is 6.54 Å². The van der Waals surface area contributed by atoms with Gasteiger partial charge >= 0.3 is 0 Å². The molecule has 0 aliphatic carbocycles. The summed E-state index contributed by atoms with van der Waals surface area (Å²) in [6.45, 7) is 4.66. The molecule has 0 saturated carbocycles. The Labute approximate surface area is 195 Å². The van der Waals surface area contributed by atoms with E-state index in [0.717, 1.165) is 54.0 Å². The third kappa shape index (κ3) is 4.72. The molecule has 4 aromatic rings. The van der Waals surface area contributed by atoms with Gasteiger partial charge in [0.25, 0.3) is 5.91 Å². The Morgan fingerprint density at radius 2 is 1.88 bits per heavy atom. The first-order valence-electron chi connectivity index (χ1n) is 10.5. The minimum Gasteiger partial charge on any atom is -0.367 e. The summed E-state index contributed by atoms with van der Waals surface area (Å²) >= 11 is 3.13. The zero-order chi connectivity index (χ0) is 21.8. The molecule has 1 saturated heterocycles. The number of hydrogen-bond donors (Lipinski definition) is 1. The second-order valence-corrected chi connectivity index (χ2v) is 9.42. The number of carbonyl (C=O) groups is 1. The van der Waals surface area contributed by atoms with Gasteiger partial charge < -0.3 is 10.2 Å². The van der Waals surface area contributed by atoms with Crippen molar-refractivity contribution < 1.29 is 4.79 Å². The molecule has 0 atom stereocenters. The van der Waals surface area contributed by atoms with Crippen LogP contribution in [0, 0.1) is 0 Å². The number of pyridine rings is 1. The number of thiazole rings is 1. The van der Waals surface area contributed by atoms with E-state index in [-0.39, 0.29) is 5.91 Å². The number of hydrogen-bond acceptors (Lipinski definition) is 7. The van der Waals surface area contributed by atoms with Crippen molar-refractivity contribution in [3.05, 3.63) is 82.9 Å². The van der Waals surface area contributed by atoms with E-state index >= 15 is 0 Å². The van der Waals surface area contributed by atoms with Crippen molar-refractivity contribution in [2.75, 3.05) is 36.4 Å². The van der Waals surface area contributed by atoms with E-state index in [9.17, 15) is 4.79 Å². The molecule has 0 unspecified atom stereocenters. The smallest absolute Gasteiger partial charge is 0.275 e. The normalized spacial score (nSPS) is 14.4. The third-order valence-corrected chi connectivity index (χ3v) is 7.34. The predicted molar refractivity (Wildman–Crippen MR) is 132 cm³/mol. The van der Waals surface area contributed by atoms with Crippen molar-refractivity contribution in [1.29, 1.82) is 0 Å². The summed E-state index contributed by atoms with van der Waals surface area (Å²) in [5, 5.41) is 7.80. The van der Waals surface area contributed by atoms with Gasteiger partial charge in [-0.1, -0.05) is 24.3 Å². The number of rotatable bonds is 6. The van der Waals surface area contributed by atoms with Crippen LogP contribution in [0.2, 0.25) is 0 Å². The highest BCUT2D eigenvalue weighted by molar-refractivity contribution is 7.20. The molecule has 1 fully saturated rings. The average Bonchev–Trinajstić information content (AvgIpc) is 3.53. The molecule has 32 heavy (non-hydrogen) atoms. The van der Waals surface area contributed by atoms with Gasteiger partial charge in [0.2, 0.25) is 0 Å². The standard InChI is InChI=1S/C24H23N5OS2/c30-23(20-17-32-24(27-20)22-8-4-14-31-22)26-19-6-1-2-7-21(19)29-12-10-28(11-13-29)16-18-5-3-9-25-15-18/h1-9,14-15,17H,10-13,16H2,(H,26,30). The number of aromatic nitrogens is 2. The van der Waals surface area contributed by atoms with Crippen LogP contribution in [0.5, 0.6) is 0 Å². The van der Waals surface area contributed by atoms with Gasteiger partial charge in [0.05, 0.1) is 16.3 Å². The van der Waals surface area contributed by atoms with Crippen LogP contribution in [0.1, 0.15) is 16.1 Å². The molecule has 3 aromatic heterocycles. The van der Waals surface area contributed by atoms with E-state index < -0.39 is 0 Å². The highest BCUT2D eigenvalue weighted by atomic mass is 32.1. The van der Waals surface area contributed by atoms with Crippen LogP contribution < -0.4 is 10.2 Å². The van der Waals surface area contributed by atoms with Crippen LogP contribution in [0.3, 0.4) is 0 Å². The minimum atomic E-state index is -0.174. The monoisotopic (exact) mass is 461 g/mol. The van der Waals surface area contributed by atoms with Gasteiger partial charge in [-0.05, 0) is 35.2 Å². The van der Waals surface area contributed by atoms with Gasteiger partial charge in [-0.3, -0.25) is 14.7 Å². The predicted octanol–water partition coefficient (Wildman–Crippen LogP) is 4.84. The molecular formula is C24H23N5OS2. The highest BCUT2D eigenvalue weighted by Crippen LogP contribution is 2.30. The molecule has 5 rings (SSSR count).